The van der Waals surface area contributed by atoms with E-state index >= 15 is 0 Å². The number of amides is 2. The second kappa shape index (κ2) is 15.6. The molecule has 3 aliphatic rings. The van der Waals surface area contributed by atoms with Crippen LogP contribution in [-0.4, -0.2) is 58.0 Å². The molecule has 2 fully saturated rings. The van der Waals surface area contributed by atoms with Crippen LogP contribution in [-0.2, 0) is 35.4 Å². The number of benzene rings is 2. The predicted molar refractivity (Wildman–Crippen MR) is 183 cm³/mol. The first-order chi connectivity index (χ1) is 23.0. The molecular formula is C38H46ClN3O6. The Kier molecular flexibility index (Phi) is 11.5. The molecule has 4 atom stereocenters. The molecule has 10 heteroatoms. The summed E-state index contributed by atoms with van der Waals surface area (Å²) in [7, 11) is 0. The third-order valence-corrected chi connectivity index (χ3v) is 10.0. The van der Waals surface area contributed by atoms with Crippen LogP contribution < -0.4 is 5.32 Å². The van der Waals surface area contributed by atoms with Gasteiger partial charge in [-0.25, -0.2) is 0 Å². The Bertz CT molecular complexity index is 1550. The Labute approximate surface area is 287 Å². The normalized spacial score (nSPS) is 21.5. The van der Waals surface area contributed by atoms with Gasteiger partial charge in [0.2, 0.25) is 17.6 Å². The van der Waals surface area contributed by atoms with Crippen molar-refractivity contribution in [1.82, 2.24) is 10.2 Å². The van der Waals surface area contributed by atoms with Crippen molar-refractivity contribution in [1.29, 1.82) is 0 Å². The van der Waals surface area contributed by atoms with Crippen molar-refractivity contribution in [2.24, 2.45) is 28.8 Å². The molecule has 9 nitrogen and oxygen atoms in total. The lowest BCUT2D eigenvalue weighted by molar-refractivity contribution is -0.145. The van der Waals surface area contributed by atoms with E-state index in [9.17, 15) is 24.0 Å². The van der Waals surface area contributed by atoms with E-state index in [-0.39, 0.29) is 61.7 Å². The first-order valence-electron chi connectivity index (χ1n) is 17.2. The summed E-state index contributed by atoms with van der Waals surface area (Å²) >= 11 is 6.24. The number of nitrogens with one attached hydrogen (secondary N) is 1. The van der Waals surface area contributed by atoms with Gasteiger partial charge in [-0.2, -0.15) is 0 Å². The van der Waals surface area contributed by atoms with E-state index in [1.165, 1.54) is 0 Å². The first-order valence-corrected chi connectivity index (χ1v) is 17.6. The Balaban J connectivity index is 1.35. The minimum Gasteiger partial charge on any atom is -0.387 e. The lowest BCUT2D eigenvalue weighted by Crippen LogP contribution is -2.47. The van der Waals surface area contributed by atoms with Crippen molar-refractivity contribution in [3.63, 3.8) is 0 Å². The molecule has 256 valence electrons. The van der Waals surface area contributed by atoms with Gasteiger partial charge in [0.25, 0.3) is 0 Å². The maximum Gasteiger partial charge on any atom is 0.227 e. The van der Waals surface area contributed by atoms with Crippen molar-refractivity contribution >= 4 is 46.5 Å². The zero-order chi connectivity index (χ0) is 34.4. The van der Waals surface area contributed by atoms with Gasteiger partial charge in [0.05, 0.1) is 18.3 Å². The number of rotatable bonds is 16. The SMILES string of the molecule is CCC[C@H](CC(=O)[C@@H]1C[C@]2(CC(c3cccc(Cl)c3)=NO2)CN1C(=O)[C@@H](CC(=O)NCc1ccccc1)C(C)C)C(=O)C(=O)CC1CC1. The maximum absolute atomic E-state index is 14.4. The smallest absolute Gasteiger partial charge is 0.227 e. The summed E-state index contributed by atoms with van der Waals surface area (Å²) in [5, 5.41) is 7.85. The van der Waals surface area contributed by atoms with Gasteiger partial charge in [-0.15, -0.1) is 0 Å². The van der Waals surface area contributed by atoms with Gasteiger partial charge < -0.3 is 15.1 Å². The van der Waals surface area contributed by atoms with Crippen LogP contribution in [0.2, 0.25) is 5.02 Å². The van der Waals surface area contributed by atoms with Crippen LogP contribution in [0.3, 0.4) is 0 Å². The quantitative estimate of drug-likeness (QED) is 0.215. The van der Waals surface area contributed by atoms with Gasteiger partial charge in [-0.1, -0.05) is 86.4 Å². The van der Waals surface area contributed by atoms with Crippen LogP contribution in [0.4, 0.5) is 0 Å². The number of carbonyl (C=O) groups is 5. The molecule has 5 rings (SSSR count). The summed E-state index contributed by atoms with van der Waals surface area (Å²) in [6.07, 6.45) is 3.61. The van der Waals surface area contributed by atoms with Gasteiger partial charge in [0.15, 0.2) is 17.2 Å². The molecule has 1 saturated heterocycles. The lowest BCUT2D eigenvalue weighted by Gasteiger charge is -2.30. The topological polar surface area (TPSA) is 122 Å². The van der Waals surface area contributed by atoms with Gasteiger partial charge in [0.1, 0.15) is 0 Å². The van der Waals surface area contributed by atoms with Gasteiger partial charge >= 0.3 is 0 Å². The highest BCUT2D eigenvalue weighted by Gasteiger charge is 2.54. The predicted octanol–water partition coefficient (Wildman–Crippen LogP) is 6.10. The van der Waals surface area contributed by atoms with E-state index in [2.05, 4.69) is 10.5 Å². The highest BCUT2D eigenvalue weighted by molar-refractivity contribution is 6.38. The van der Waals surface area contributed by atoms with Gasteiger partial charge in [-0.05, 0) is 48.8 Å². The average molecular weight is 676 g/mol. The fourth-order valence-electron chi connectivity index (χ4n) is 6.86. The standard InChI is InChI=1S/C38H46ClN3O6/c1-4-9-28(36(46)34(44)16-25-14-15-25)18-33(43)32-21-38(20-31(41-48-38)27-12-8-13-29(39)17-27)23-42(32)37(47)30(24(2)3)19-35(45)40-22-26-10-6-5-7-11-26/h5-8,10-13,17,24-25,28,30,32H,4,9,14-16,18-23H2,1-3H3,(H,40,45)/t28-,30+,32+,38-/m1/s1. The molecule has 2 aromatic carbocycles. The zero-order valence-corrected chi connectivity index (χ0v) is 28.8. The number of oxime groups is 1. The summed E-state index contributed by atoms with van der Waals surface area (Å²) in [5.41, 5.74) is 1.47. The molecule has 1 saturated carbocycles. The second-order valence-electron chi connectivity index (χ2n) is 14.1. The van der Waals surface area contributed by atoms with Crippen LogP contribution in [0.5, 0.6) is 0 Å². The average Bonchev–Trinajstić information content (AvgIpc) is 3.66. The zero-order valence-electron chi connectivity index (χ0n) is 28.1. The number of carbonyl (C=O) groups excluding carboxylic acids is 5. The Morgan fingerprint density at radius 3 is 2.46 bits per heavy atom. The Morgan fingerprint density at radius 2 is 1.79 bits per heavy atom. The highest BCUT2D eigenvalue weighted by atomic mass is 35.5. The number of likely N-dealkylation sites (tertiary alicyclic amines) is 1. The summed E-state index contributed by atoms with van der Waals surface area (Å²) in [4.78, 5) is 75.3. The number of hydrogen-bond donors (Lipinski definition) is 1. The van der Waals surface area contributed by atoms with Gasteiger partial charge in [-0.3, -0.25) is 24.0 Å². The summed E-state index contributed by atoms with van der Waals surface area (Å²) in [5.74, 6) is -3.06. The van der Waals surface area contributed by atoms with E-state index in [4.69, 9.17) is 16.4 Å². The van der Waals surface area contributed by atoms with Crippen LogP contribution >= 0.6 is 11.6 Å². The van der Waals surface area contributed by atoms with E-state index in [0.717, 1.165) is 24.0 Å². The van der Waals surface area contributed by atoms with E-state index in [1.807, 2.05) is 63.2 Å². The molecule has 2 aliphatic heterocycles. The molecule has 48 heavy (non-hydrogen) atoms. The molecule has 0 unspecified atom stereocenters. The van der Waals surface area contributed by atoms with Crippen molar-refractivity contribution < 1.29 is 28.8 Å². The number of nitrogens with zero attached hydrogens (tertiary/aromatic N) is 2. The second-order valence-corrected chi connectivity index (χ2v) is 14.5. The Hall–Kier alpha value is -3.85. The highest BCUT2D eigenvalue weighted by Crippen LogP contribution is 2.41. The van der Waals surface area contributed by atoms with E-state index in [0.29, 0.717) is 36.5 Å². The fourth-order valence-corrected chi connectivity index (χ4v) is 7.05. The number of halogens is 1. The van der Waals surface area contributed by atoms with Gasteiger partial charge in [0, 0.05) is 61.1 Å². The molecule has 2 amide bonds. The van der Waals surface area contributed by atoms with Crippen LogP contribution in [0.25, 0.3) is 0 Å². The molecule has 2 aromatic rings. The number of Topliss-reactive ketones (excluding diaryl/α,β-unsaturated/α-hetero) is 3. The summed E-state index contributed by atoms with van der Waals surface area (Å²) in [6.45, 7) is 6.16. The summed E-state index contributed by atoms with van der Waals surface area (Å²) < 4.78 is 0. The Morgan fingerprint density at radius 1 is 1.04 bits per heavy atom. The molecule has 1 spiro atoms. The van der Waals surface area contributed by atoms with Crippen LogP contribution in [0, 0.1) is 23.7 Å². The van der Waals surface area contributed by atoms with Crippen LogP contribution in [0.15, 0.2) is 59.8 Å². The molecule has 1 aliphatic carbocycles. The lowest BCUT2D eigenvalue weighted by atomic mass is 9.85. The molecule has 1 N–H and O–H groups in total. The van der Waals surface area contributed by atoms with Crippen molar-refractivity contribution in [2.45, 2.75) is 96.7 Å². The number of ketones is 3. The summed E-state index contributed by atoms with van der Waals surface area (Å²) in [6, 6.07) is 15.9. The fraction of sp³-hybridized carbons (Fsp3) is 0.526. The molecule has 2 heterocycles. The molecule has 0 radical (unpaired) electrons. The molecular weight excluding hydrogens is 630 g/mol. The van der Waals surface area contributed by atoms with Crippen molar-refractivity contribution in [2.75, 3.05) is 6.54 Å². The minimum atomic E-state index is -0.948. The monoisotopic (exact) mass is 675 g/mol. The first kappa shape index (κ1) is 35.5. The van der Waals surface area contributed by atoms with Crippen molar-refractivity contribution in [3.05, 3.63) is 70.7 Å². The van der Waals surface area contributed by atoms with Crippen molar-refractivity contribution in [3.8, 4) is 0 Å². The third kappa shape index (κ3) is 8.78. The third-order valence-electron chi connectivity index (χ3n) is 9.81. The van der Waals surface area contributed by atoms with Crippen LogP contribution in [0.1, 0.15) is 89.7 Å². The molecule has 0 bridgehead atoms. The van der Waals surface area contributed by atoms with E-state index < -0.39 is 35.0 Å². The maximum atomic E-state index is 14.4. The minimum absolute atomic E-state index is 0.0362. The largest absolute Gasteiger partial charge is 0.387 e. The number of hydrogen-bond acceptors (Lipinski definition) is 7. The van der Waals surface area contributed by atoms with E-state index in [1.54, 1.807) is 17.0 Å². The molecule has 0 aromatic heterocycles.